The van der Waals surface area contributed by atoms with Crippen LogP contribution in [0.2, 0.25) is 0 Å². The average Bonchev–Trinajstić information content (AvgIpc) is 3.12. The van der Waals surface area contributed by atoms with E-state index in [4.69, 9.17) is 0 Å². The fourth-order valence-corrected chi connectivity index (χ4v) is 2.56. The number of aromatic amines is 1. The minimum Gasteiger partial charge on any atom is -0.340 e. The van der Waals surface area contributed by atoms with E-state index in [0.717, 1.165) is 29.1 Å². The predicted octanol–water partition coefficient (Wildman–Crippen LogP) is 4.05. The van der Waals surface area contributed by atoms with Gasteiger partial charge in [-0.3, -0.25) is 5.32 Å². The molecule has 6 heteroatoms. The molecular formula is C19H21N5O. The summed E-state index contributed by atoms with van der Waals surface area (Å²) in [6.45, 7) is 3.90. The number of rotatable bonds is 5. The number of hydrogen-bond acceptors (Lipinski definition) is 3. The second-order valence-electron chi connectivity index (χ2n) is 5.78. The van der Waals surface area contributed by atoms with Gasteiger partial charge < -0.3 is 10.3 Å². The summed E-state index contributed by atoms with van der Waals surface area (Å²) in [5, 5.41) is 5.72. The van der Waals surface area contributed by atoms with Crippen LogP contribution in [0.1, 0.15) is 30.8 Å². The van der Waals surface area contributed by atoms with Gasteiger partial charge in [-0.25, -0.2) is 14.8 Å². The maximum absolute atomic E-state index is 12.3. The number of amides is 2. The van der Waals surface area contributed by atoms with E-state index in [0.29, 0.717) is 5.82 Å². The van der Waals surface area contributed by atoms with Crippen LogP contribution in [-0.4, -0.2) is 21.0 Å². The van der Waals surface area contributed by atoms with Crippen LogP contribution >= 0.6 is 0 Å². The zero-order valence-electron chi connectivity index (χ0n) is 14.3. The topological polar surface area (TPSA) is 82.7 Å². The lowest BCUT2D eigenvalue weighted by molar-refractivity contribution is 0.247. The highest BCUT2D eigenvalue weighted by Gasteiger charge is 2.17. The summed E-state index contributed by atoms with van der Waals surface area (Å²) in [5.74, 6) is 1.29. The Balaban J connectivity index is 1.69. The van der Waals surface area contributed by atoms with E-state index in [9.17, 15) is 4.79 Å². The summed E-state index contributed by atoms with van der Waals surface area (Å²) in [7, 11) is 0. The molecule has 0 aliphatic heterocycles. The van der Waals surface area contributed by atoms with E-state index < -0.39 is 0 Å². The fourth-order valence-electron chi connectivity index (χ4n) is 2.56. The molecule has 1 aromatic carbocycles. The molecule has 0 radical (unpaired) electrons. The Morgan fingerprint density at radius 2 is 1.96 bits per heavy atom. The first-order valence-corrected chi connectivity index (χ1v) is 8.27. The molecule has 1 atom stereocenters. The van der Waals surface area contributed by atoms with Crippen molar-refractivity contribution >= 4 is 11.8 Å². The number of urea groups is 1. The maximum Gasteiger partial charge on any atom is 0.321 e. The Morgan fingerprint density at radius 1 is 1.16 bits per heavy atom. The zero-order chi connectivity index (χ0) is 17.6. The third-order valence-corrected chi connectivity index (χ3v) is 3.97. The predicted molar refractivity (Wildman–Crippen MR) is 98.2 cm³/mol. The zero-order valence-corrected chi connectivity index (χ0v) is 14.3. The van der Waals surface area contributed by atoms with Gasteiger partial charge in [0.05, 0.1) is 17.9 Å². The van der Waals surface area contributed by atoms with Crippen molar-refractivity contribution in [2.45, 2.75) is 26.3 Å². The lowest BCUT2D eigenvalue weighted by Crippen LogP contribution is -2.33. The van der Waals surface area contributed by atoms with Gasteiger partial charge in [-0.05, 0) is 30.5 Å². The van der Waals surface area contributed by atoms with Crippen LogP contribution < -0.4 is 10.6 Å². The van der Waals surface area contributed by atoms with Gasteiger partial charge in [0.25, 0.3) is 0 Å². The van der Waals surface area contributed by atoms with Gasteiger partial charge in [-0.1, -0.05) is 43.3 Å². The van der Waals surface area contributed by atoms with E-state index in [1.165, 1.54) is 0 Å². The largest absolute Gasteiger partial charge is 0.340 e. The second kappa shape index (κ2) is 7.61. The summed E-state index contributed by atoms with van der Waals surface area (Å²) in [6.07, 6.45) is 4.16. The standard InChI is InChI=1S/C19H21N5O/c1-3-15(23-19(25)24-17-13(2)8-7-11-20-17)18-21-12-16(22-18)14-9-5-4-6-10-14/h4-12,15H,3H2,1-2H3,(H,21,22)(H2,20,23,24,25). The lowest BCUT2D eigenvalue weighted by atomic mass is 10.2. The summed E-state index contributed by atoms with van der Waals surface area (Å²) < 4.78 is 0. The molecule has 128 valence electrons. The van der Waals surface area contributed by atoms with Crippen LogP contribution in [0.5, 0.6) is 0 Å². The fraction of sp³-hybridized carbons (Fsp3) is 0.211. The Hall–Kier alpha value is -3.15. The molecule has 0 spiro atoms. The number of anilines is 1. The number of aromatic nitrogens is 3. The number of aryl methyl sites for hydroxylation is 1. The van der Waals surface area contributed by atoms with Gasteiger partial charge in [0.15, 0.2) is 0 Å². The van der Waals surface area contributed by atoms with Gasteiger partial charge in [0, 0.05) is 6.20 Å². The van der Waals surface area contributed by atoms with Crippen LogP contribution in [0.15, 0.2) is 54.9 Å². The quantitative estimate of drug-likeness (QED) is 0.658. The van der Waals surface area contributed by atoms with Gasteiger partial charge in [-0.15, -0.1) is 0 Å². The molecule has 0 saturated heterocycles. The molecule has 2 amide bonds. The molecule has 6 nitrogen and oxygen atoms in total. The number of hydrogen-bond donors (Lipinski definition) is 3. The Kier molecular flexibility index (Phi) is 5.09. The smallest absolute Gasteiger partial charge is 0.321 e. The number of nitrogens with one attached hydrogen (secondary N) is 3. The molecule has 0 saturated carbocycles. The van der Waals surface area contributed by atoms with Crippen LogP contribution in [0.4, 0.5) is 10.6 Å². The van der Waals surface area contributed by atoms with Crippen molar-refractivity contribution in [2.24, 2.45) is 0 Å². The molecule has 2 heterocycles. The summed E-state index contributed by atoms with van der Waals surface area (Å²) in [5.41, 5.74) is 2.90. The molecule has 2 aromatic heterocycles. The monoisotopic (exact) mass is 335 g/mol. The minimum absolute atomic E-state index is 0.207. The van der Waals surface area contributed by atoms with E-state index in [1.54, 1.807) is 12.4 Å². The number of H-pyrrole nitrogens is 1. The first-order chi connectivity index (χ1) is 12.2. The Labute approximate surface area is 146 Å². The van der Waals surface area contributed by atoms with Gasteiger partial charge in [0.1, 0.15) is 11.6 Å². The number of imidazole rings is 1. The normalized spacial score (nSPS) is 11.8. The van der Waals surface area contributed by atoms with Crippen molar-refractivity contribution in [3.8, 4) is 11.3 Å². The molecule has 3 rings (SSSR count). The summed E-state index contributed by atoms with van der Waals surface area (Å²) in [4.78, 5) is 24.2. The molecule has 3 N–H and O–H groups in total. The van der Waals surface area contributed by atoms with Gasteiger partial charge >= 0.3 is 6.03 Å². The van der Waals surface area contributed by atoms with Crippen molar-refractivity contribution in [1.29, 1.82) is 0 Å². The molecule has 0 bridgehead atoms. The second-order valence-corrected chi connectivity index (χ2v) is 5.78. The first kappa shape index (κ1) is 16.7. The van der Waals surface area contributed by atoms with Crippen molar-refractivity contribution in [1.82, 2.24) is 20.3 Å². The molecule has 25 heavy (non-hydrogen) atoms. The minimum atomic E-state index is -0.300. The number of carbonyl (C=O) groups excluding carboxylic acids is 1. The number of carbonyl (C=O) groups is 1. The van der Waals surface area contributed by atoms with Crippen LogP contribution in [0, 0.1) is 6.92 Å². The number of nitrogens with zero attached hydrogens (tertiary/aromatic N) is 2. The average molecular weight is 335 g/mol. The van der Waals surface area contributed by atoms with Crippen LogP contribution in [-0.2, 0) is 0 Å². The van der Waals surface area contributed by atoms with Gasteiger partial charge in [0.2, 0.25) is 0 Å². The van der Waals surface area contributed by atoms with Crippen molar-refractivity contribution in [3.05, 3.63) is 66.2 Å². The maximum atomic E-state index is 12.3. The van der Waals surface area contributed by atoms with Gasteiger partial charge in [-0.2, -0.15) is 0 Å². The van der Waals surface area contributed by atoms with Crippen molar-refractivity contribution in [3.63, 3.8) is 0 Å². The van der Waals surface area contributed by atoms with E-state index in [2.05, 4.69) is 25.6 Å². The van der Waals surface area contributed by atoms with E-state index in [1.807, 2.05) is 56.3 Å². The Bertz CT molecular complexity index is 844. The van der Waals surface area contributed by atoms with E-state index in [-0.39, 0.29) is 12.1 Å². The molecule has 1 unspecified atom stereocenters. The highest BCUT2D eigenvalue weighted by molar-refractivity contribution is 5.89. The summed E-state index contributed by atoms with van der Waals surface area (Å²) >= 11 is 0. The van der Waals surface area contributed by atoms with Crippen LogP contribution in [0.3, 0.4) is 0 Å². The Morgan fingerprint density at radius 3 is 2.68 bits per heavy atom. The molecule has 0 aliphatic rings. The third-order valence-electron chi connectivity index (χ3n) is 3.97. The first-order valence-electron chi connectivity index (χ1n) is 8.27. The molecule has 0 aliphatic carbocycles. The lowest BCUT2D eigenvalue weighted by Gasteiger charge is -2.15. The summed E-state index contributed by atoms with van der Waals surface area (Å²) in [6, 6.07) is 13.2. The van der Waals surface area contributed by atoms with E-state index >= 15 is 0 Å². The third kappa shape index (κ3) is 4.03. The molecule has 0 fully saturated rings. The highest BCUT2D eigenvalue weighted by atomic mass is 16.2. The highest BCUT2D eigenvalue weighted by Crippen LogP contribution is 2.20. The number of benzene rings is 1. The molecular weight excluding hydrogens is 314 g/mol. The number of pyridine rings is 1. The van der Waals surface area contributed by atoms with Crippen LogP contribution in [0.25, 0.3) is 11.3 Å². The SMILES string of the molecule is CCC(NC(=O)Nc1ncccc1C)c1ncc(-c2ccccc2)[nH]1. The van der Waals surface area contributed by atoms with Crippen molar-refractivity contribution in [2.75, 3.05) is 5.32 Å². The molecule has 3 aromatic rings. The van der Waals surface area contributed by atoms with Crippen molar-refractivity contribution < 1.29 is 4.79 Å².